The van der Waals surface area contributed by atoms with Gasteiger partial charge in [0.1, 0.15) is 18.4 Å². The first-order valence-electron chi connectivity index (χ1n) is 6.98. The first-order chi connectivity index (χ1) is 9.74. The summed E-state index contributed by atoms with van der Waals surface area (Å²) < 4.78 is 10.5. The van der Waals surface area contributed by atoms with E-state index in [1.165, 1.54) is 7.11 Å². The molecule has 1 aliphatic rings. The number of hydrogen-bond donors (Lipinski definition) is 1. The molecular weight excluding hydrogens is 256 g/mol. The van der Waals surface area contributed by atoms with E-state index in [0.717, 1.165) is 37.2 Å². The van der Waals surface area contributed by atoms with Crippen molar-refractivity contribution in [2.75, 3.05) is 26.8 Å². The van der Waals surface area contributed by atoms with E-state index in [1.54, 1.807) is 0 Å². The second-order valence-corrected chi connectivity index (χ2v) is 4.92. The summed E-state index contributed by atoms with van der Waals surface area (Å²) in [5.74, 6) is 0.675. The molecule has 2 N–H and O–H groups in total. The van der Waals surface area contributed by atoms with Crippen molar-refractivity contribution in [1.29, 1.82) is 0 Å². The maximum absolute atomic E-state index is 11.6. The van der Waals surface area contributed by atoms with E-state index in [2.05, 4.69) is 4.90 Å². The van der Waals surface area contributed by atoms with Crippen molar-refractivity contribution < 1.29 is 14.3 Å². The van der Waals surface area contributed by atoms with Gasteiger partial charge in [0.2, 0.25) is 0 Å². The van der Waals surface area contributed by atoms with Crippen molar-refractivity contribution in [1.82, 2.24) is 4.90 Å². The maximum atomic E-state index is 11.6. The second-order valence-electron chi connectivity index (χ2n) is 4.92. The first-order valence-corrected chi connectivity index (χ1v) is 6.98. The lowest BCUT2D eigenvalue weighted by Crippen LogP contribution is -2.39. The lowest BCUT2D eigenvalue weighted by molar-refractivity contribution is -0.145. The van der Waals surface area contributed by atoms with Crippen LogP contribution < -0.4 is 10.5 Å². The van der Waals surface area contributed by atoms with E-state index in [4.69, 9.17) is 15.2 Å². The zero-order chi connectivity index (χ0) is 14.4. The molecule has 2 rings (SSSR count). The third-order valence-corrected chi connectivity index (χ3v) is 3.62. The van der Waals surface area contributed by atoms with Gasteiger partial charge in [0.05, 0.1) is 7.11 Å². The number of benzene rings is 1. The Kier molecular flexibility index (Phi) is 5.38. The van der Waals surface area contributed by atoms with E-state index < -0.39 is 0 Å². The Hall–Kier alpha value is -1.59. The van der Waals surface area contributed by atoms with E-state index in [0.29, 0.717) is 13.2 Å². The molecule has 0 saturated carbocycles. The van der Waals surface area contributed by atoms with Crippen LogP contribution in [0.1, 0.15) is 18.4 Å². The molecule has 1 aliphatic heterocycles. The van der Waals surface area contributed by atoms with Gasteiger partial charge in [-0.1, -0.05) is 12.1 Å². The largest absolute Gasteiger partial charge is 0.492 e. The molecule has 5 heteroatoms. The predicted molar refractivity (Wildman–Crippen MR) is 76.4 cm³/mol. The summed E-state index contributed by atoms with van der Waals surface area (Å²) in [7, 11) is 1.44. The molecule has 1 atom stereocenters. The van der Waals surface area contributed by atoms with Crippen molar-refractivity contribution in [3.05, 3.63) is 29.8 Å². The lowest BCUT2D eigenvalue weighted by Gasteiger charge is -2.22. The molecule has 110 valence electrons. The highest BCUT2D eigenvalue weighted by atomic mass is 16.5. The molecule has 0 aliphatic carbocycles. The first kappa shape index (κ1) is 14.8. The SMILES string of the molecule is COC(=O)C1CCCN1CCOc1cccc(CN)c1. The molecule has 1 heterocycles. The number of ether oxygens (including phenoxy) is 2. The topological polar surface area (TPSA) is 64.8 Å². The van der Waals surface area contributed by atoms with E-state index in [-0.39, 0.29) is 12.0 Å². The summed E-state index contributed by atoms with van der Waals surface area (Å²) >= 11 is 0. The number of hydrogen-bond acceptors (Lipinski definition) is 5. The zero-order valence-corrected chi connectivity index (χ0v) is 11.9. The molecule has 0 spiro atoms. The highest BCUT2D eigenvalue weighted by Crippen LogP contribution is 2.18. The maximum Gasteiger partial charge on any atom is 0.323 e. The minimum Gasteiger partial charge on any atom is -0.492 e. The zero-order valence-electron chi connectivity index (χ0n) is 11.9. The lowest BCUT2D eigenvalue weighted by atomic mass is 10.2. The van der Waals surface area contributed by atoms with Gasteiger partial charge in [-0.2, -0.15) is 0 Å². The molecule has 5 nitrogen and oxygen atoms in total. The molecule has 20 heavy (non-hydrogen) atoms. The van der Waals surface area contributed by atoms with Crippen LogP contribution in [0, 0.1) is 0 Å². The van der Waals surface area contributed by atoms with Crippen LogP contribution in [0.2, 0.25) is 0 Å². The Balaban J connectivity index is 1.81. The molecule has 1 aromatic rings. The fourth-order valence-electron chi connectivity index (χ4n) is 2.54. The number of esters is 1. The van der Waals surface area contributed by atoms with Gasteiger partial charge >= 0.3 is 5.97 Å². The number of carbonyl (C=O) groups excluding carboxylic acids is 1. The van der Waals surface area contributed by atoms with Crippen LogP contribution in [0.25, 0.3) is 0 Å². The highest BCUT2D eigenvalue weighted by molar-refractivity contribution is 5.75. The van der Waals surface area contributed by atoms with Crippen molar-refractivity contribution in [3.8, 4) is 5.75 Å². The standard InChI is InChI=1S/C15H22N2O3/c1-19-15(18)14-6-3-7-17(14)8-9-20-13-5-2-4-12(10-13)11-16/h2,4-5,10,14H,3,6-9,11,16H2,1H3. The summed E-state index contributed by atoms with van der Waals surface area (Å²) in [6.07, 6.45) is 1.90. The number of methoxy groups -OCH3 is 1. The smallest absolute Gasteiger partial charge is 0.323 e. The quantitative estimate of drug-likeness (QED) is 0.791. The minimum absolute atomic E-state index is 0.112. The summed E-state index contributed by atoms with van der Waals surface area (Å²) in [6.45, 7) is 2.72. The number of likely N-dealkylation sites (tertiary alicyclic amines) is 1. The summed E-state index contributed by atoms with van der Waals surface area (Å²) in [4.78, 5) is 13.7. The number of carbonyl (C=O) groups is 1. The van der Waals surface area contributed by atoms with Gasteiger partial charge in [-0.05, 0) is 37.1 Å². The second kappa shape index (κ2) is 7.26. The van der Waals surface area contributed by atoms with Crippen LogP contribution in [0.4, 0.5) is 0 Å². The average Bonchev–Trinajstić information content (AvgIpc) is 2.95. The number of nitrogens with two attached hydrogens (primary N) is 1. The van der Waals surface area contributed by atoms with Gasteiger partial charge in [0, 0.05) is 13.1 Å². The summed E-state index contributed by atoms with van der Waals surface area (Å²) in [5, 5.41) is 0. The van der Waals surface area contributed by atoms with Crippen LogP contribution in [0.15, 0.2) is 24.3 Å². The van der Waals surface area contributed by atoms with E-state index >= 15 is 0 Å². The molecule has 1 saturated heterocycles. The molecule has 0 aromatic heterocycles. The molecule has 1 unspecified atom stereocenters. The number of nitrogens with zero attached hydrogens (tertiary/aromatic N) is 1. The van der Waals surface area contributed by atoms with Crippen molar-refractivity contribution in [2.45, 2.75) is 25.4 Å². The highest BCUT2D eigenvalue weighted by Gasteiger charge is 2.30. The predicted octanol–water partition coefficient (Wildman–Crippen LogP) is 1.16. The number of rotatable bonds is 6. The fourth-order valence-corrected chi connectivity index (χ4v) is 2.54. The van der Waals surface area contributed by atoms with E-state index in [9.17, 15) is 4.79 Å². The molecule has 0 bridgehead atoms. The van der Waals surface area contributed by atoms with Gasteiger partial charge < -0.3 is 15.2 Å². The Bertz CT molecular complexity index is 450. The average molecular weight is 278 g/mol. The Morgan fingerprint density at radius 3 is 3.10 bits per heavy atom. The third kappa shape index (κ3) is 3.71. The van der Waals surface area contributed by atoms with Crippen LogP contribution in [0.5, 0.6) is 5.75 Å². The van der Waals surface area contributed by atoms with Gasteiger partial charge in [-0.15, -0.1) is 0 Å². The molecule has 0 amide bonds. The molecule has 0 radical (unpaired) electrons. The monoisotopic (exact) mass is 278 g/mol. The third-order valence-electron chi connectivity index (χ3n) is 3.62. The Labute approximate surface area is 119 Å². The van der Waals surface area contributed by atoms with Crippen molar-refractivity contribution in [3.63, 3.8) is 0 Å². The summed E-state index contributed by atoms with van der Waals surface area (Å²) in [5.41, 5.74) is 6.65. The van der Waals surface area contributed by atoms with Crippen molar-refractivity contribution >= 4 is 5.97 Å². The van der Waals surface area contributed by atoms with E-state index in [1.807, 2.05) is 24.3 Å². The van der Waals surface area contributed by atoms with Gasteiger partial charge in [-0.3, -0.25) is 9.69 Å². The van der Waals surface area contributed by atoms with Crippen molar-refractivity contribution in [2.24, 2.45) is 5.73 Å². The van der Waals surface area contributed by atoms with Crippen LogP contribution >= 0.6 is 0 Å². The van der Waals surface area contributed by atoms with Gasteiger partial charge in [0.25, 0.3) is 0 Å². The Morgan fingerprint density at radius 1 is 1.50 bits per heavy atom. The molecular formula is C15H22N2O3. The minimum atomic E-state index is -0.146. The Morgan fingerprint density at radius 2 is 2.35 bits per heavy atom. The summed E-state index contributed by atoms with van der Waals surface area (Å²) in [6, 6.07) is 7.66. The van der Waals surface area contributed by atoms with Gasteiger partial charge in [0.15, 0.2) is 0 Å². The van der Waals surface area contributed by atoms with Crippen LogP contribution in [-0.4, -0.2) is 43.7 Å². The molecule has 1 aromatic carbocycles. The fraction of sp³-hybridized carbons (Fsp3) is 0.533. The molecule has 1 fully saturated rings. The van der Waals surface area contributed by atoms with Gasteiger partial charge in [-0.25, -0.2) is 0 Å². The van der Waals surface area contributed by atoms with Crippen LogP contribution in [-0.2, 0) is 16.1 Å². The van der Waals surface area contributed by atoms with Crippen LogP contribution in [0.3, 0.4) is 0 Å². The normalized spacial score (nSPS) is 19.0.